The first-order valence-corrected chi connectivity index (χ1v) is 5.11. The maximum atomic E-state index is 11.3. The van der Waals surface area contributed by atoms with Crippen LogP contribution < -0.4 is 11.2 Å². The molecule has 0 aliphatic carbocycles. The lowest BCUT2D eigenvalue weighted by Crippen LogP contribution is -2.31. The summed E-state index contributed by atoms with van der Waals surface area (Å²) in [5.74, 6) is 0. The highest BCUT2D eigenvalue weighted by Crippen LogP contribution is 1.90. The third kappa shape index (κ3) is 3.86. The number of aromatic amines is 1. The van der Waals surface area contributed by atoms with Gasteiger partial charge in [-0.1, -0.05) is 0 Å². The molecule has 1 aromatic rings. The van der Waals surface area contributed by atoms with Gasteiger partial charge in [-0.15, -0.1) is 0 Å². The van der Waals surface area contributed by atoms with Crippen LogP contribution in [0.2, 0.25) is 0 Å². The smallest absolute Gasteiger partial charge is 0.328 e. The molecule has 0 amide bonds. The van der Waals surface area contributed by atoms with E-state index in [2.05, 4.69) is 4.98 Å². The molecule has 0 fully saturated rings. The lowest BCUT2D eigenvalue weighted by Gasteiger charge is -2.05. The van der Waals surface area contributed by atoms with Gasteiger partial charge >= 0.3 is 5.69 Å². The van der Waals surface area contributed by atoms with Crippen LogP contribution in [0.5, 0.6) is 0 Å². The number of aliphatic hydroxyl groups is 1. The van der Waals surface area contributed by atoms with Gasteiger partial charge < -0.3 is 9.84 Å². The van der Waals surface area contributed by atoms with Crippen molar-refractivity contribution in [3.8, 4) is 6.07 Å². The van der Waals surface area contributed by atoms with Gasteiger partial charge in [0.25, 0.3) is 5.56 Å². The molecule has 0 bridgehead atoms. The first kappa shape index (κ1) is 13.2. The normalized spacial score (nSPS) is 10.1. The summed E-state index contributed by atoms with van der Waals surface area (Å²) in [6, 6.07) is 1.71. The molecule has 0 aliphatic rings. The maximum absolute atomic E-state index is 11.3. The van der Waals surface area contributed by atoms with E-state index in [9.17, 15) is 9.59 Å². The van der Waals surface area contributed by atoms with Gasteiger partial charge in [0.1, 0.15) is 11.6 Å². The summed E-state index contributed by atoms with van der Waals surface area (Å²) in [5.41, 5.74) is -1.32. The number of H-pyrrole nitrogens is 1. The molecule has 7 heteroatoms. The second-order valence-corrected chi connectivity index (χ2v) is 3.30. The molecule has 92 valence electrons. The Morgan fingerprint density at radius 1 is 1.47 bits per heavy atom. The molecular formula is C10H13N3O4. The molecule has 0 aliphatic heterocycles. The third-order valence-electron chi connectivity index (χ3n) is 2.05. The van der Waals surface area contributed by atoms with Crippen molar-refractivity contribution >= 4 is 0 Å². The van der Waals surface area contributed by atoms with E-state index in [4.69, 9.17) is 15.1 Å². The lowest BCUT2D eigenvalue weighted by atomic mass is 10.3. The molecular weight excluding hydrogens is 226 g/mol. The second-order valence-electron chi connectivity index (χ2n) is 3.30. The summed E-state index contributed by atoms with van der Waals surface area (Å²) in [6.07, 6.45) is 1.78. The zero-order valence-corrected chi connectivity index (χ0v) is 9.18. The number of nitrogens with one attached hydrogen (secondary N) is 1. The van der Waals surface area contributed by atoms with Crippen LogP contribution >= 0.6 is 0 Å². The number of nitrogens with zero attached hydrogens (tertiary/aromatic N) is 2. The molecule has 0 spiro atoms. The highest BCUT2D eigenvalue weighted by atomic mass is 16.5. The summed E-state index contributed by atoms with van der Waals surface area (Å²) >= 11 is 0. The van der Waals surface area contributed by atoms with Gasteiger partial charge in [0.2, 0.25) is 0 Å². The second kappa shape index (κ2) is 6.62. The van der Waals surface area contributed by atoms with E-state index in [0.717, 1.165) is 0 Å². The Kier molecular flexibility index (Phi) is 5.13. The summed E-state index contributed by atoms with van der Waals surface area (Å²) in [7, 11) is 0. The zero-order valence-electron chi connectivity index (χ0n) is 9.18. The van der Waals surface area contributed by atoms with Gasteiger partial charge in [0.05, 0.1) is 13.2 Å². The van der Waals surface area contributed by atoms with Crippen LogP contribution in [0.4, 0.5) is 0 Å². The van der Waals surface area contributed by atoms with Crippen molar-refractivity contribution in [3.05, 3.63) is 32.6 Å². The first-order valence-electron chi connectivity index (χ1n) is 5.11. The Morgan fingerprint density at radius 3 is 2.88 bits per heavy atom. The Labute approximate surface area is 96.9 Å². The van der Waals surface area contributed by atoms with Crippen LogP contribution in [0.25, 0.3) is 0 Å². The summed E-state index contributed by atoms with van der Waals surface area (Å²) < 4.78 is 6.27. The largest absolute Gasteiger partial charge is 0.394 e. The topological polar surface area (TPSA) is 108 Å². The van der Waals surface area contributed by atoms with Crippen LogP contribution in [0.1, 0.15) is 12.0 Å². The number of hydrogen-bond donors (Lipinski definition) is 2. The lowest BCUT2D eigenvalue weighted by molar-refractivity contribution is 0.0886. The molecule has 0 saturated carbocycles. The van der Waals surface area contributed by atoms with Crippen LogP contribution in [0, 0.1) is 11.3 Å². The number of rotatable bonds is 6. The van der Waals surface area contributed by atoms with Gasteiger partial charge in [-0.2, -0.15) is 5.26 Å². The van der Waals surface area contributed by atoms with Gasteiger partial charge in [0, 0.05) is 19.3 Å². The average Bonchev–Trinajstić information content (AvgIpc) is 2.31. The third-order valence-corrected chi connectivity index (χ3v) is 2.05. The van der Waals surface area contributed by atoms with Crippen molar-refractivity contribution in [3.63, 3.8) is 0 Å². The maximum Gasteiger partial charge on any atom is 0.328 e. The molecule has 7 nitrogen and oxygen atoms in total. The van der Waals surface area contributed by atoms with Crippen molar-refractivity contribution < 1.29 is 9.84 Å². The molecule has 1 rings (SSSR count). The molecule has 0 saturated heterocycles. The fourth-order valence-corrected chi connectivity index (χ4v) is 1.26. The van der Waals surface area contributed by atoms with E-state index < -0.39 is 11.2 Å². The highest BCUT2D eigenvalue weighted by Gasteiger charge is 2.03. The Morgan fingerprint density at radius 2 is 2.24 bits per heavy atom. The quantitative estimate of drug-likeness (QED) is 0.607. The number of hydrogen-bond acceptors (Lipinski definition) is 5. The van der Waals surface area contributed by atoms with Crippen molar-refractivity contribution in [2.75, 3.05) is 19.8 Å². The van der Waals surface area contributed by atoms with Crippen molar-refractivity contribution in [1.29, 1.82) is 5.26 Å². The first-order chi connectivity index (χ1) is 8.19. The number of ether oxygens (including phenoxy) is 1. The van der Waals surface area contributed by atoms with E-state index in [0.29, 0.717) is 19.6 Å². The fourth-order valence-electron chi connectivity index (χ4n) is 1.26. The average molecular weight is 239 g/mol. The highest BCUT2D eigenvalue weighted by molar-refractivity contribution is 5.21. The molecule has 0 atom stereocenters. The van der Waals surface area contributed by atoms with Gasteiger partial charge in [-0.05, 0) is 6.42 Å². The summed E-state index contributed by atoms with van der Waals surface area (Å²) in [4.78, 5) is 24.5. The van der Waals surface area contributed by atoms with Gasteiger partial charge in [-0.25, -0.2) is 4.79 Å². The van der Waals surface area contributed by atoms with Crippen molar-refractivity contribution in [1.82, 2.24) is 9.55 Å². The molecule has 0 aromatic carbocycles. The minimum atomic E-state index is -0.676. The Hall–Kier alpha value is -1.91. The number of aryl methyl sites for hydroxylation is 1. The summed E-state index contributed by atoms with van der Waals surface area (Å²) in [5, 5.41) is 17.1. The van der Waals surface area contributed by atoms with Crippen LogP contribution in [0.15, 0.2) is 15.8 Å². The zero-order chi connectivity index (χ0) is 12.7. The molecule has 0 unspecified atom stereocenters. The number of aliphatic hydroxyl groups excluding tert-OH is 1. The minimum Gasteiger partial charge on any atom is -0.394 e. The molecule has 1 heterocycles. The Balaban J connectivity index is 2.63. The monoisotopic (exact) mass is 239 g/mol. The fraction of sp³-hybridized carbons (Fsp3) is 0.500. The van der Waals surface area contributed by atoms with Crippen LogP contribution in [-0.2, 0) is 11.3 Å². The van der Waals surface area contributed by atoms with Crippen molar-refractivity contribution in [2.45, 2.75) is 13.0 Å². The van der Waals surface area contributed by atoms with E-state index in [1.165, 1.54) is 10.8 Å². The SMILES string of the molecule is N#Cc1cn(CCCOCCO)c(=O)[nH]c1=O. The van der Waals surface area contributed by atoms with E-state index >= 15 is 0 Å². The predicted octanol–water partition coefficient (Wildman–Crippen LogP) is -1.19. The molecule has 17 heavy (non-hydrogen) atoms. The predicted molar refractivity (Wildman–Crippen MR) is 58.6 cm³/mol. The molecule has 2 N–H and O–H groups in total. The number of nitriles is 1. The van der Waals surface area contributed by atoms with Gasteiger partial charge in [0.15, 0.2) is 0 Å². The van der Waals surface area contributed by atoms with E-state index in [-0.39, 0.29) is 18.8 Å². The number of aromatic nitrogens is 2. The summed E-state index contributed by atoms with van der Waals surface area (Å²) in [6.45, 7) is 0.949. The molecule has 0 radical (unpaired) electrons. The standard InChI is InChI=1S/C10H13N3O4/c11-6-8-7-13(10(16)12-9(8)15)2-1-4-17-5-3-14/h7,14H,1-5H2,(H,12,15,16). The minimum absolute atomic E-state index is 0.0445. The van der Waals surface area contributed by atoms with Crippen molar-refractivity contribution in [2.24, 2.45) is 0 Å². The van der Waals surface area contributed by atoms with E-state index in [1.54, 1.807) is 6.07 Å². The molecule has 1 aromatic heterocycles. The van der Waals surface area contributed by atoms with Crippen LogP contribution in [-0.4, -0.2) is 34.5 Å². The van der Waals surface area contributed by atoms with Crippen LogP contribution in [0.3, 0.4) is 0 Å². The van der Waals surface area contributed by atoms with E-state index in [1.807, 2.05) is 0 Å². The Bertz CT molecular complexity index is 512. The van der Waals surface area contributed by atoms with Gasteiger partial charge in [-0.3, -0.25) is 14.3 Å².